The average Bonchev–Trinajstić information content (AvgIpc) is 2.96. The van der Waals surface area contributed by atoms with Crippen LogP contribution in [0.4, 0.5) is 5.69 Å². The second kappa shape index (κ2) is 9.64. The van der Waals surface area contributed by atoms with E-state index in [0.29, 0.717) is 22.9 Å². The second-order valence-corrected chi connectivity index (χ2v) is 8.22. The zero-order valence-electron chi connectivity index (χ0n) is 17.6. The summed E-state index contributed by atoms with van der Waals surface area (Å²) in [5.41, 5.74) is 8.67. The smallest absolute Gasteiger partial charge is 0.160 e. The van der Waals surface area contributed by atoms with Gasteiger partial charge in [-0.3, -0.25) is 4.99 Å². The molecule has 1 unspecified atom stereocenters. The lowest BCUT2D eigenvalue weighted by Gasteiger charge is -2.26. The molecule has 1 atom stereocenters. The Morgan fingerprint density at radius 2 is 1.74 bits per heavy atom. The molecule has 0 aliphatic carbocycles. The van der Waals surface area contributed by atoms with Crippen LogP contribution >= 0.6 is 23.5 Å². The highest BCUT2D eigenvalue weighted by atomic mass is 35.5. The minimum absolute atomic E-state index is 0.147. The molecule has 3 aromatic carbocycles. The number of aliphatic imine (C=N–C) groups is 1. The summed E-state index contributed by atoms with van der Waals surface area (Å²) >= 11 is 7.74. The first kappa shape index (κ1) is 21.6. The van der Waals surface area contributed by atoms with Gasteiger partial charge < -0.3 is 14.9 Å². The normalized spacial score (nSPS) is 16.0. The molecule has 4 rings (SSSR count). The number of anilines is 1. The molecule has 1 aliphatic rings. The van der Waals surface area contributed by atoms with Crippen LogP contribution in [0, 0.1) is 0 Å². The number of nitrogens with zero attached hydrogens (tertiary/aromatic N) is 2. The van der Waals surface area contributed by atoms with Crippen LogP contribution in [-0.2, 0) is 6.42 Å². The van der Waals surface area contributed by atoms with Crippen molar-refractivity contribution in [2.45, 2.75) is 12.6 Å². The Hall–Kier alpha value is -2.67. The predicted octanol–water partition coefficient (Wildman–Crippen LogP) is 5.68. The number of rotatable bonds is 6. The Morgan fingerprint density at radius 3 is 2.45 bits per heavy atom. The molecule has 0 spiro atoms. The lowest BCUT2D eigenvalue weighted by Crippen LogP contribution is -2.33. The molecule has 0 bridgehead atoms. The maximum absolute atomic E-state index is 6.13. The van der Waals surface area contributed by atoms with Gasteiger partial charge in [0.25, 0.3) is 0 Å². The third-order valence-corrected chi connectivity index (χ3v) is 6.12. The third-order valence-electron chi connectivity index (χ3n) is 5.14. The van der Waals surface area contributed by atoms with Crippen LogP contribution < -0.4 is 14.9 Å². The number of hydrazine groups is 1. The number of nitrogens with one attached hydrogen (secondary N) is 1. The van der Waals surface area contributed by atoms with E-state index < -0.39 is 0 Å². The lowest BCUT2D eigenvalue weighted by molar-refractivity contribution is 0.353. The van der Waals surface area contributed by atoms with Crippen molar-refractivity contribution in [1.82, 2.24) is 4.41 Å². The van der Waals surface area contributed by atoms with Crippen molar-refractivity contribution >= 4 is 34.9 Å². The van der Waals surface area contributed by atoms with Gasteiger partial charge in [0, 0.05) is 22.6 Å². The summed E-state index contributed by atoms with van der Waals surface area (Å²) in [6.07, 6.45) is 2.59. The first-order valence-corrected chi connectivity index (χ1v) is 11.4. The van der Waals surface area contributed by atoms with Crippen molar-refractivity contribution in [2.24, 2.45) is 4.99 Å². The predicted molar refractivity (Wildman–Crippen MR) is 130 cm³/mol. The van der Waals surface area contributed by atoms with E-state index in [4.69, 9.17) is 26.1 Å². The maximum Gasteiger partial charge on any atom is 0.160 e. The van der Waals surface area contributed by atoms with Crippen molar-refractivity contribution in [3.8, 4) is 11.5 Å². The molecule has 1 aliphatic heterocycles. The summed E-state index contributed by atoms with van der Waals surface area (Å²) in [7, 11) is 3.29. The van der Waals surface area contributed by atoms with Crippen molar-refractivity contribution in [3.05, 3.63) is 88.4 Å². The molecule has 0 radical (unpaired) electrons. The van der Waals surface area contributed by atoms with E-state index in [1.807, 2.05) is 54.8 Å². The highest BCUT2D eigenvalue weighted by molar-refractivity contribution is 7.96. The molecule has 0 saturated heterocycles. The van der Waals surface area contributed by atoms with Crippen molar-refractivity contribution in [1.29, 1.82) is 0 Å². The summed E-state index contributed by atoms with van der Waals surface area (Å²) in [4.78, 5) is 5.21. The van der Waals surface area contributed by atoms with Gasteiger partial charge in [-0.2, -0.15) is 0 Å². The van der Waals surface area contributed by atoms with E-state index in [1.165, 1.54) is 0 Å². The SMILES string of the molecule is COc1ccc(CC2N=C(c3ccc(Cl)cc3)c3ccccc3NN2SC)cc1OC. The number of hydrogen-bond acceptors (Lipinski definition) is 6. The van der Waals surface area contributed by atoms with Gasteiger partial charge in [-0.05, 0) is 42.2 Å². The van der Waals surface area contributed by atoms with Gasteiger partial charge >= 0.3 is 0 Å². The van der Waals surface area contributed by atoms with E-state index in [2.05, 4.69) is 28.0 Å². The first-order chi connectivity index (χ1) is 15.1. The molecule has 3 aromatic rings. The number of hydrogen-bond donors (Lipinski definition) is 1. The van der Waals surface area contributed by atoms with Crippen LogP contribution in [0.3, 0.4) is 0 Å². The Labute approximate surface area is 192 Å². The van der Waals surface area contributed by atoms with Crippen LogP contribution in [0.25, 0.3) is 0 Å². The summed E-state index contributed by atoms with van der Waals surface area (Å²) in [5, 5.41) is 0.706. The Kier molecular flexibility index (Phi) is 6.70. The fourth-order valence-electron chi connectivity index (χ4n) is 3.60. The quantitative estimate of drug-likeness (QED) is 0.486. The molecule has 0 saturated carbocycles. The van der Waals surface area contributed by atoms with Gasteiger partial charge in [-0.25, -0.2) is 0 Å². The Balaban J connectivity index is 1.77. The molecular formula is C24H24ClN3O2S. The first-order valence-electron chi connectivity index (χ1n) is 9.87. The molecule has 160 valence electrons. The van der Waals surface area contributed by atoms with Crippen molar-refractivity contribution < 1.29 is 9.47 Å². The van der Waals surface area contributed by atoms with Gasteiger partial charge in [0.15, 0.2) is 11.5 Å². The van der Waals surface area contributed by atoms with Crippen LogP contribution in [-0.4, -0.2) is 36.8 Å². The number of fused-ring (bicyclic) bond motifs is 1. The number of para-hydroxylation sites is 1. The highest BCUT2D eigenvalue weighted by Gasteiger charge is 2.26. The molecule has 5 nitrogen and oxygen atoms in total. The topological polar surface area (TPSA) is 46.1 Å². The molecule has 0 aromatic heterocycles. The minimum atomic E-state index is -0.147. The molecule has 0 amide bonds. The van der Waals surface area contributed by atoms with Crippen LogP contribution in [0.1, 0.15) is 16.7 Å². The third kappa shape index (κ3) is 4.66. The van der Waals surface area contributed by atoms with E-state index in [9.17, 15) is 0 Å². The summed E-state index contributed by atoms with van der Waals surface area (Å²) < 4.78 is 13.0. The fraction of sp³-hybridized carbons (Fsp3) is 0.208. The standard InChI is InChI=1S/C24H24ClN3O2S/c1-29-21-13-8-16(14-22(21)30-2)15-23-26-24(17-9-11-18(25)12-10-17)19-6-4-5-7-20(19)27-28(23)31-3/h4-14,23,27H,15H2,1-3H3. The fourth-order valence-corrected chi connectivity index (χ4v) is 4.28. The van der Waals surface area contributed by atoms with Gasteiger partial charge in [0.1, 0.15) is 6.17 Å². The van der Waals surface area contributed by atoms with E-state index in [0.717, 1.165) is 28.1 Å². The molecule has 1 N–H and O–H groups in total. The lowest BCUT2D eigenvalue weighted by atomic mass is 10.0. The van der Waals surface area contributed by atoms with Crippen molar-refractivity contribution in [3.63, 3.8) is 0 Å². The number of halogens is 1. The van der Waals surface area contributed by atoms with Gasteiger partial charge in [-0.15, -0.1) is 4.41 Å². The van der Waals surface area contributed by atoms with E-state index >= 15 is 0 Å². The van der Waals surface area contributed by atoms with Gasteiger partial charge in [0.05, 0.1) is 25.6 Å². The molecule has 0 fully saturated rings. The summed E-state index contributed by atoms with van der Waals surface area (Å²) in [5.74, 6) is 1.42. The summed E-state index contributed by atoms with van der Waals surface area (Å²) in [6.45, 7) is 0. The Morgan fingerprint density at radius 1 is 1.00 bits per heavy atom. The summed E-state index contributed by atoms with van der Waals surface area (Å²) in [6, 6.07) is 22.0. The minimum Gasteiger partial charge on any atom is -0.493 e. The van der Waals surface area contributed by atoms with Crippen molar-refractivity contribution in [2.75, 3.05) is 25.9 Å². The maximum atomic E-state index is 6.13. The van der Waals surface area contributed by atoms with E-state index in [-0.39, 0.29) is 6.17 Å². The number of ether oxygens (including phenoxy) is 2. The Bertz CT molecular complexity index is 1090. The molecule has 7 heteroatoms. The number of methoxy groups -OCH3 is 2. The zero-order chi connectivity index (χ0) is 21.8. The molecule has 31 heavy (non-hydrogen) atoms. The van der Waals surface area contributed by atoms with Gasteiger partial charge in [0.2, 0.25) is 0 Å². The van der Waals surface area contributed by atoms with Crippen LogP contribution in [0.15, 0.2) is 71.7 Å². The monoisotopic (exact) mass is 453 g/mol. The molecule has 1 heterocycles. The van der Waals surface area contributed by atoms with Crippen LogP contribution in [0.2, 0.25) is 5.02 Å². The second-order valence-electron chi connectivity index (χ2n) is 7.02. The van der Waals surface area contributed by atoms with E-state index in [1.54, 1.807) is 26.2 Å². The number of benzene rings is 3. The zero-order valence-corrected chi connectivity index (χ0v) is 19.2. The average molecular weight is 454 g/mol. The van der Waals surface area contributed by atoms with Crippen LogP contribution in [0.5, 0.6) is 11.5 Å². The van der Waals surface area contributed by atoms with Gasteiger partial charge in [-0.1, -0.05) is 59.9 Å². The highest BCUT2D eigenvalue weighted by Crippen LogP contribution is 2.32. The largest absolute Gasteiger partial charge is 0.493 e. The molecular weight excluding hydrogens is 430 g/mol.